The number of benzene rings is 1. The molecule has 0 amide bonds. The Morgan fingerprint density at radius 2 is 2.03 bits per heavy atom. The van der Waals surface area contributed by atoms with Crippen molar-refractivity contribution in [1.29, 1.82) is 0 Å². The van der Waals surface area contributed by atoms with Crippen LogP contribution in [0.15, 0.2) is 35.6 Å². The average Bonchev–Trinajstić information content (AvgIpc) is 3.26. The molecule has 0 saturated heterocycles. The van der Waals surface area contributed by atoms with Crippen LogP contribution in [0, 0.1) is 11.7 Å². The average molecular weight is 424 g/mol. The standard InChI is InChI=1S/C24H30FN5O/c1-14(2)10-19-16(5)28-23-20(19)11-17(12-21(23)25)18-6-8-30-22(18)13-27-24(29-30)26-7-9-31-15(3)4/h6,8,11-15,19H,7,9-10H2,1-5H3,(H,26,29)/t19-/m1/s1. The minimum absolute atomic E-state index is 0.165. The molecule has 0 saturated carbocycles. The normalized spacial score (nSPS) is 15.7. The molecular weight excluding hydrogens is 393 g/mol. The Hall–Kier alpha value is -2.80. The van der Waals surface area contributed by atoms with Crippen LogP contribution in [0.1, 0.15) is 52.5 Å². The number of ether oxygens (including phenoxy) is 1. The quantitative estimate of drug-likeness (QED) is 0.479. The van der Waals surface area contributed by atoms with Gasteiger partial charge in [-0.3, -0.25) is 4.99 Å². The van der Waals surface area contributed by atoms with Crippen LogP contribution in [0.4, 0.5) is 16.0 Å². The van der Waals surface area contributed by atoms with Gasteiger partial charge in [0.1, 0.15) is 11.5 Å². The van der Waals surface area contributed by atoms with E-state index in [-0.39, 0.29) is 17.8 Å². The molecule has 4 rings (SSSR count). The maximum Gasteiger partial charge on any atom is 0.241 e. The van der Waals surface area contributed by atoms with Gasteiger partial charge in [0.15, 0.2) is 0 Å². The SMILES string of the molecule is CC1=Nc2c(F)cc(-c3ccn4nc(NCCOC(C)C)ncc34)cc2[C@@H]1CC(C)C. The lowest BCUT2D eigenvalue weighted by Gasteiger charge is -2.16. The molecule has 3 heterocycles. The number of aliphatic imine (C=N–C) groups is 1. The zero-order valence-electron chi connectivity index (χ0n) is 18.8. The molecule has 1 atom stereocenters. The van der Waals surface area contributed by atoms with E-state index in [4.69, 9.17) is 4.74 Å². The van der Waals surface area contributed by atoms with E-state index in [0.717, 1.165) is 34.3 Å². The van der Waals surface area contributed by atoms with Crippen molar-refractivity contribution in [3.05, 3.63) is 42.0 Å². The van der Waals surface area contributed by atoms with Crippen molar-refractivity contribution in [1.82, 2.24) is 14.6 Å². The van der Waals surface area contributed by atoms with Crippen molar-refractivity contribution < 1.29 is 9.13 Å². The van der Waals surface area contributed by atoms with Gasteiger partial charge in [0, 0.05) is 29.9 Å². The van der Waals surface area contributed by atoms with Crippen molar-refractivity contribution in [3.8, 4) is 11.1 Å². The highest BCUT2D eigenvalue weighted by atomic mass is 19.1. The monoisotopic (exact) mass is 423 g/mol. The first-order chi connectivity index (χ1) is 14.8. The van der Waals surface area contributed by atoms with Gasteiger partial charge in [-0.1, -0.05) is 13.8 Å². The molecule has 7 heteroatoms. The molecule has 6 nitrogen and oxygen atoms in total. The van der Waals surface area contributed by atoms with E-state index in [2.05, 4.69) is 40.3 Å². The van der Waals surface area contributed by atoms with E-state index in [1.807, 2.05) is 33.0 Å². The van der Waals surface area contributed by atoms with Gasteiger partial charge in [-0.25, -0.2) is 13.9 Å². The smallest absolute Gasteiger partial charge is 0.241 e. The molecule has 0 radical (unpaired) electrons. The lowest BCUT2D eigenvalue weighted by atomic mass is 9.87. The molecule has 1 aromatic carbocycles. The van der Waals surface area contributed by atoms with Gasteiger partial charge in [-0.15, -0.1) is 5.10 Å². The third-order valence-electron chi connectivity index (χ3n) is 5.53. The largest absolute Gasteiger partial charge is 0.377 e. The van der Waals surface area contributed by atoms with Gasteiger partial charge < -0.3 is 10.1 Å². The number of halogens is 1. The Morgan fingerprint density at radius 1 is 1.23 bits per heavy atom. The fourth-order valence-electron chi connectivity index (χ4n) is 4.09. The van der Waals surface area contributed by atoms with E-state index >= 15 is 0 Å². The zero-order chi connectivity index (χ0) is 22.1. The van der Waals surface area contributed by atoms with E-state index < -0.39 is 0 Å². The first kappa shape index (κ1) is 21.4. The predicted molar refractivity (Wildman–Crippen MR) is 123 cm³/mol. The highest BCUT2D eigenvalue weighted by Crippen LogP contribution is 2.43. The molecule has 2 aromatic heterocycles. The Kier molecular flexibility index (Phi) is 6.05. The van der Waals surface area contributed by atoms with Crippen LogP contribution < -0.4 is 5.32 Å². The highest BCUT2D eigenvalue weighted by molar-refractivity contribution is 5.97. The molecule has 0 fully saturated rings. The molecule has 1 aliphatic rings. The predicted octanol–water partition coefficient (Wildman–Crippen LogP) is 5.61. The van der Waals surface area contributed by atoms with E-state index in [1.54, 1.807) is 16.8 Å². The second-order valence-corrected chi connectivity index (χ2v) is 8.82. The lowest BCUT2D eigenvalue weighted by Crippen LogP contribution is -2.15. The topological polar surface area (TPSA) is 63.8 Å². The molecule has 0 aliphatic carbocycles. The first-order valence-corrected chi connectivity index (χ1v) is 10.9. The summed E-state index contributed by atoms with van der Waals surface area (Å²) in [5.74, 6) is 0.928. The second-order valence-electron chi connectivity index (χ2n) is 8.82. The summed E-state index contributed by atoms with van der Waals surface area (Å²) in [6.07, 6.45) is 4.80. The molecular formula is C24H30FN5O. The van der Waals surface area contributed by atoms with Gasteiger partial charge in [0.05, 0.1) is 24.4 Å². The van der Waals surface area contributed by atoms with Crippen molar-refractivity contribution in [3.63, 3.8) is 0 Å². The van der Waals surface area contributed by atoms with Crippen LogP contribution in [0.3, 0.4) is 0 Å². The summed E-state index contributed by atoms with van der Waals surface area (Å²) in [6.45, 7) is 11.6. The third kappa shape index (κ3) is 4.46. The minimum Gasteiger partial charge on any atom is -0.377 e. The maximum absolute atomic E-state index is 15.0. The van der Waals surface area contributed by atoms with Crippen molar-refractivity contribution >= 4 is 22.9 Å². The number of hydrogen-bond acceptors (Lipinski definition) is 5. The van der Waals surface area contributed by atoms with Crippen LogP contribution in [0.5, 0.6) is 0 Å². The number of aromatic nitrogens is 3. The molecule has 3 aromatic rings. The number of nitrogens with zero attached hydrogens (tertiary/aromatic N) is 4. The van der Waals surface area contributed by atoms with Gasteiger partial charge in [-0.05, 0) is 62.4 Å². The zero-order valence-corrected chi connectivity index (χ0v) is 18.8. The fraction of sp³-hybridized carbons (Fsp3) is 0.458. The fourth-order valence-corrected chi connectivity index (χ4v) is 4.09. The summed E-state index contributed by atoms with van der Waals surface area (Å²) in [4.78, 5) is 8.95. The number of rotatable bonds is 8. The summed E-state index contributed by atoms with van der Waals surface area (Å²) < 4.78 is 22.3. The Morgan fingerprint density at radius 3 is 2.77 bits per heavy atom. The van der Waals surface area contributed by atoms with Crippen LogP contribution in [-0.4, -0.2) is 39.6 Å². The molecule has 1 N–H and O–H groups in total. The summed E-state index contributed by atoms with van der Waals surface area (Å²) in [5, 5.41) is 7.69. The molecule has 0 spiro atoms. The number of nitrogens with one attached hydrogen (secondary N) is 1. The molecule has 164 valence electrons. The first-order valence-electron chi connectivity index (χ1n) is 10.9. The summed E-state index contributed by atoms with van der Waals surface area (Å²) in [7, 11) is 0. The Balaban J connectivity index is 1.61. The number of anilines is 1. The van der Waals surface area contributed by atoms with E-state index in [1.165, 1.54) is 0 Å². The van der Waals surface area contributed by atoms with E-state index in [9.17, 15) is 4.39 Å². The van der Waals surface area contributed by atoms with Crippen molar-refractivity contribution in [2.75, 3.05) is 18.5 Å². The number of fused-ring (bicyclic) bond motifs is 2. The second kappa shape index (κ2) is 8.75. The summed E-state index contributed by atoms with van der Waals surface area (Å²) in [6, 6.07) is 5.60. The Labute approximate surface area is 182 Å². The van der Waals surface area contributed by atoms with Gasteiger partial charge in [0.2, 0.25) is 5.95 Å². The molecule has 31 heavy (non-hydrogen) atoms. The van der Waals surface area contributed by atoms with E-state index in [0.29, 0.717) is 30.7 Å². The third-order valence-corrected chi connectivity index (χ3v) is 5.53. The van der Waals surface area contributed by atoms with Gasteiger partial charge in [-0.2, -0.15) is 0 Å². The molecule has 1 aliphatic heterocycles. The summed E-state index contributed by atoms with van der Waals surface area (Å²) in [5.41, 5.74) is 5.02. The highest BCUT2D eigenvalue weighted by Gasteiger charge is 2.28. The molecule has 0 bridgehead atoms. The van der Waals surface area contributed by atoms with Gasteiger partial charge >= 0.3 is 0 Å². The van der Waals surface area contributed by atoms with Crippen LogP contribution in [-0.2, 0) is 4.74 Å². The number of hydrogen-bond donors (Lipinski definition) is 1. The van der Waals surface area contributed by atoms with Crippen LogP contribution >= 0.6 is 0 Å². The van der Waals surface area contributed by atoms with Crippen molar-refractivity contribution in [2.24, 2.45) is 10.9 Å². The van der Waals surface area contributed by atoms with Crippen LogP contribution in [0.25, 0.3) is 16.6 Å². The van der Waals surface area contributed by atoms with Crippen molar-refractivity contribution in [2.45, 2.75) is 53.1 Å². The molecule has 0 unspecified atom stereocenters. The Bertz CT molecular complexity index is 1120. The minimum atomic E-state index is -0.276. The lowest BCUT2D eigenvalue weighted by molar-refractivity contribution is 0.0869. The summed E-state index contributed by atoms with van der Waals surface area (Å²) >= 11 is 0. The maximum atomic E-state index is 15.0. The van der Waals surface area contributed by atoms with Crippen LogP contribution in [0.2, 0.25) is 0 Å². The van der Waals surface area contributed by atoms with Gasteiger partial charge in [0.25, 0.3) is 0 Å².